The largest absolute Gasteiger partial charge is 0.481 e. The van der Waals surface area contributed by atoms with Gasteiger partial charge in [0.25, 0.3) is 11.8 Å². The number of imidazole rings is 2. The number of amides is 2. The first-order valence-corrected chi connectivity index (χ1v) is 18.0. The molecule has 7 rings (SSSR count). The van der Waals surface area contributed by atoms with Crippen LogP contribution in [0.1, 0.15) is 76.6 Å². The van der Waals surface area contributed by atoms with Crippen molar-refractivity contribution in [3.63, 3.8) is 0 Å². The number of hydrogen-bond acceptors (Lipinski definition) is 7. The number of nitrogens with one attached hydrogen (secondary N) is 2. The lowest BCUT2D eigenvalue weighted by Gasteiger charge is -2.41. The van der Waals surface area contributed by atoms with Gasteiger partial charge >= 0.3 is 5.97 Å². The van der Waals surface area contributed by atoms with Gasteiger partial charge in [0.05, 0.1) is 38.2 Å². The van der Waals surface area contributed by atoms with Crippen molar-refractivity contribution in [1.29, 1.82) is 0 Å². The molecule has 0 bridgehead atoms. The third-order valence-corrected chi connectivity index (χ3v) is 11.8. The van der Waals surface area contributed by atoms with Crippen LogP contribution in [-0.4, -0.2) is 78.0 Å². The van der Waals surface area contributed by atoms with Crippen molar-refractivity contribution in [1.82, 2.24) is 28.9 Å². The summed E-state index contributed by atoms with van der Waals surface area (Å²) in [5, 5.41) is 16.1. The summed E-state index contributed by atoms with van der Waals surface area (Å²) in [7, 11) is 5.74. The van der Waals surface area contributed by atoms with Crippen LogP contribution in [0.3, 0.4) is 0 Å². The Hall–Kier alpha value is -4.23. The standard InChI is InChI=1S/C37H42Cl2N8O4/c1-37(36(50)51)15-11-21(12-16-37)47-18-14-29-27(20-47)41-33(46(29)4)35(49)43-25-10-6-8-23(31(25)39)22-7-5-9-24(30(22)38)42-34(48)32-40-26-19-44(2)17-13-28(26)45(32)3/h5-10,21H,11-20H2,1-4H3,(H,42,48)(H,43,49)(H,50,51). The van der Waals surface area contributed by atoms with Crippen molar-refractivity contribution in [3.8, 4) is 11.1 Å². The first-order chi connectivity index (χ1) is 24.3. The van der Waals surface area contributed by atoms with Gasteiger partial charge in [-0.15, -0.1) is 0 Å². The number of likely N-dealkylation sites (N-methyl/N-ethyl adjacent to an activating group) is 1. The second-order valence-electron chi connectivity index (χ2n) is 14.3. The second kappa shape index (κ2) is 13.7. The number of aliphatic carboxylic acids is 1. The van der Waals surface area contributed by atoms with E-state index < -0.39 is 11.4 Å². The van der Waals surface area contributed by atoms with E-state index in [0.717, 1.165) is 61.5 Å². The van der Waals surface area contributed by atoms with E-state index in [0.29, 0.717) is 70.3 Å². The van der Waals surface area contributed by atoms with Gasteiger partial charge in [0.1, 0.15) is 0 Å². The Bertz CT molecular complexity index is 2050. The Balaban J connectivity index is 1.06. The molecule has 12 nitrogen and oxygen atoms in total. The van der Waals surface area contributed by atoms with E-state index >= 15 is 0 Å². The zero-order valence-electron chi connectivity index (χ0n) is 29.2. The summed E-state index contributed by atoms with van der Waals surface area (Å²) in [6.07, 6.45) is 4.54. The minimum Gasteiger partial charge on any atom is -0.481 e. The number of carboxylic acid groups (broad SMARTS) is 1. The molecule has 2 aromatic heterocycles. The molecule has 1 aliphatic carbocycles. The molecule has 1 saturated carbocycles. The van der Waals surface area contributed by atoms with Crippen LogP contribution in [0.25, 0.3) is 11.1 Å². The molecule has 51 heavy (non-hydrogen) atoms. The number of hydrogen-bond donors (Lipinski definition) is 3. The zero-order chi connectivity index (χ0) is 36.2. The summed E-state index contributed by atoms with van der Waals surface area (Å²) in [6, 6.07) is 10.9. The fraction of sp³-hybridized carbons (Fsp3) is 0.432. The highest BCUT2D eigenvalue weighted by molar-refractivity contribution is 6.40. The average molecular weight is 734 g/mol. The number of rotatable bonds is 7. The van der Waals surface area contributed by atoms with Gasteiger partial charge in [-0.3, -0.25) is 19.3 Å². The number of nitrogens with zero attached hydrogens (tertiary/aromatic N) is 6. The Morgan fingerprint density at radius 3 is 1.78 bits per heavy atom. The summed E-state index contributed by atoms with van der Waals surface area (Å²) in [5.41, 5.74) is 5.19. The Labute approximate surface area is 306 Å². The van der Waals surface area contributed by atoms with Gasteiger partial charge in [-0.2, -0.15) is 0 Å². The first kappa shape index (κ1) is 35.2. The molecule has 14 heteroatoms. The predicted molar refractivity (Wildman–Crippen MR) is 196 cm³/mol. The molecular formula is C37H42Cl2N8O4. The van der Waals surface area contributed by atoms with Crippen LogP contribution in [0, 0.1) is 5.41 Å². The molecule has 0 saturated heterocycles. The number of anilines is 2. The maximum atomic E-state index is 13.7. The maximum Gasteiger partial charge on any atom is 0.309 e. The fourth-order valence-corrected chi connectivity index (χ4v) is 8.32. The molecule has 1 fully saturated rings. The molecule has 2 aromatic carbocycles. The van der Waals surface area contributed by atoms with Gasteiger partial charge in [0, 0.05) is 81.7 Å². The molecule has 0 atom stereocenters. The van der Waals surface area contributed by atoms with E-state index in [1.165, 1.54) is 0 Å². The summed E-state index contributed by atoms with van der Waals surface area (Å²) in [5.74, 6) is -0.859. The molecule has 268 valence electrons. The lowest BCUT2D eigenvalue weighted by Crippen LogP contribution is -2.44. The van der Waals surface area contributed by atoms with Crippen LogP contribution in [0.15, 0.2) is 36.4 Å². The first-order valence-electron chi connectivity index (χ1n) is 17.3. The van der Waals surface area contributed by atoms with Crippen LogP contribution in [0.4, 0.5) is 11.4 Å². The third kappa shape index (κ3) is 6.54. The minimum absolute atomic E-state index is 0.288. The molecule has 0 radical (unpaired) electrons. The average Bonchev–Trinajstić information content (AvgIpc) is 3.62. The smallest absolute Gasteiger partial charge is 0.309 e. The minimum atomic E-state index is -0.722. The summed E-state index contributed by atoms with van der Waals surface area (Å²) >= 11 is 13.8. The Morgan fingerprint density at radius 2 is 1.27 bits per heavy atom. The number of benzene rings is 2. The SMILES string of the molecule is CN1CCc2c(nc(C(=O)Nc3cccc(-c4cccc(NC(=O)c5nc6c(n5C)CCN(C5CCC(C)(C(=O)O)CC5)C6)c4Cl)c3Cl)n2C)C1. The van der Waals surface area contributed by atoms with E-state index in [4.69, 9.17) is 28.2 Å². The third-order valence-electron chi connectivity index (χ3n) is 11.0. The van der Waals surface area contributed by atoms with Gasteiger partial charge in [-0.1, -0.05) is 47.5 Å². The van der Waals surface area contributed by atoms with E-state index in [1.807, 2.05) is 49.3 Å². The lowest BCUT2D eigenvalue weighted by atomic mass is 9.73. The van der Waals surface area contributed by atoms with Crippen LogP contribution in [0.5, 0.6) is 0 Å². The molecule has 2 aliphatic heterocycles. The van der Waals surface area contributed by atoms with Crippen LogP contribution in [-0.2, 0) is 44.8 Å². The van der Waals surface area contributed by atoms with Crippen LogP contribution >= 0.6 is 23.2 Å². The van der Waals surface area contributed by atoms with Gasteiger partial charge in [0.2, 0.25) is 0 Å². The van der Waals surface area contributed by atoms with Crippen molar-refractivity contribution in [2.75, 3.05) is 30.8 Å². The van der Waals surface area contributed by atoms with Gasteiger partial charge in [-0.05, 0) is 51.8 Å². The molecule has 3 aliphatic rings. The highest BCUT2D eigenvalue weighted by atomic mass is 35.5. The van der Waals surface area contributed by atoms with E-state index in [2.05, 4.69) is 25.4 Å². The quantitative estimate of drug-likeness (QED) is 0.210. The predicted octanol–water partition coefficient (Wildman–Crippen LogP) is 6.01. The highest BCUT2D eigenvalue weighted by Gasteiger charge is 2.40. The fourth-order valence-electron chi connectivity index (χ4n) is 7.77. The van der Waals surface area contributed by atoms with E-state index in [1.54, 1.807) is 24.3 Å². The monoisotopic (exact) mass is 732 g/mol. The summed E-state index contributed by atoms with van der Waals surface area (Å²) < 4.78 is 3.70. The number of carbonyl (C=O) groups excluding carboxylic acids is 2. The molecule has 0 unspecified atom stereocenters. The van der Waals surface area contributed by atoms with Crippen LogP contribution in [0.2, 0.25) is 10.0 Å². The molecule has 4 heterocycles. The molecular weight excluding hydrogens is 691 g/mol. The van der Waals surface area contributed by atoms with Crippen molar-refractivity contribution in [3.05, 3.63) is 80.9 Å². The Morgan fingerprint density at radius 1 is 0.784 bits per heavy atom. The Kier molecular flexibility index (Phi) is 9.47. The van der Waals surface area contributed by atoms with E-state index in [9.17, 15) is 19.5 Å². The second-order valence-corrected chi connectivity index (χ2v) is 15.1. The molecule has 0 spiro atoms. The number of aromatic nitrogens is 4. The zero-order valence-corrected chi connectivity index (χ0v) is 30.7. The maximum absolute atomic E-state index is 13.7. The normalized spacial score (nSPS) is 20.8. The number of carbonyl (C=O) groups is 3. The van der Waals surface area contributed by atoms with E-state index in [-0.39, 0.29) is 17.6 Å². The van der Waals surface area contributed by atoms with Gasteiger partial charge in [-0.25, -0.2) is 9.97 Å². The molecule has 2 amide bonds. The number of fused-ring (bicyclic) bond motifs is 2. The van der Waals surface area contributed by atoms with Crippen molar-refractivity contribution < 1.29 is 19.5 Å². The molecule has 4 aromatic rings. The summed E-state index contributed by atoms with van der Waals surface area (Å²) in [4.78, 5) is 52.7. The number of halogens is 2. The van der Waals surface area contributed by atoms with Crippen LogP contribution < -0.4 is 10.6 Å². The van der Waals surface area contributed by atoms with Crippen molar-refractivity contribution in [2.24, 2.45) is 19.5 Å². The topological polar surface area (TPSA) is 138 Å². The highest BCUT2D eigenvalue weighted by Crippen LogP contribution is 2.41. The van der Waals surface area contributed by atoms with Crippen molar-refractivity contribution >= 4 is 52.4 Å². The summed E-state index contributed by atoms with van der Waals surface area (Å²) in [6.45, 7) is 4.88. The van der Waals surface area contributed by atoms with Gasteiger partial charge < -0.3 is 29.8 Å². The van der Waals surface area contributed by atoms with Gasteiger partial charge in [0.15, 0.2) is 11.6 Å². The molecule has 3 N–H and O–H groups in total. The lowest BCUT2D eigenvalue weighted by molar-refractivity contribution is -0.150. The number of carboxylic acids is 1. The van der Waals surface area contributed by atoms with Crippen molar-refractivity contribution in [2.45, 2.75) is 64.6 Å².